The van der Waals surface area contributed by atoms with Crippen LogP contribution in [0.4, 0.5) is 0 Å². The molecule has 0 spiro atoms. The molecule has 23 heavy (non-hydrogen) atoms. The molecule has 1 amide bonds. The zero-order chi connectivity index (χ0) is 16.2. The van der Waals surface area contributed by atoms with Crippen LogP contribution in [0.5, 0.6) is 0 Å². The number of aryl methyl sites for hydroxylation is 2. The minimum Gasteiger partial charge on any atom is -0.347 e. The first kappa shape index (κ1) is 15.7. The Morgan fingerprint density at radius 2 is 2.17 bits per heavy atom. The van der Waals surface area contributed by atoms with E-state index in [-0.39, 0.29) is 11.9 Å². The number of hydrogen-bond donors (Lipinski definition) is 1. The minimum atomic E-state index is 0.0686. The van der Waals surface area contributed by atoms with E-state index in [0.717, 1.165) is 10.6 Å². The zero-order valence-electron chi connectivity index (χ0n) is 13.1. The molecule has 1 heterocycles. The van der Waals surface area contributed by atoms with Crippen molar-refractivity contribution in [1.82, 2.24) is 10.3 Å². The predicted octanol–water partition coefficient (Wildman–Crippen LogP) is 3.52. The van der Waals surface area contributed by atoms with Gasteiger partial charge in [0, 0.05) is 17.5 Å². The molecule has 1 atom stereocenters. The van der Waals surface area contributed by atoms with Gasteiger partial charge in [0.25, 0.3) is 0 Å². The highest BCUT2D eigenvalue weighted by molar-refractivity contribution is 7.11. The van der Waals surface area contributed by atoms with Crippen LogP contribution in [0.1, 0.15) is 46.3 Å². The van der Waals surface area contributed by atoms with E-state index in [9.17, 15) is 4.79 Å². The topological polar surface area (TPSA) is 65.8 Å². The molecule has 1 saturated carbocycles. The van der Waals surface area contributed by atoms with E-state index in [4.69, 9.17) is 5.26 Å². The number of hydrogen-bond acceptors (Lipinski definition) is 4. The smallest absolute Gasteiger partial charge is 0.220 e. The zero-order valence-corrected chi connectivity index (χ0v) is 13.9. The van der Waals surface area contributed by atoms with Crippen LogP contribution in [0, 0.1) is 24.2 Å². The van der Waals surface area contributed by atoms with E-state index in [1.165, 1.54) is 17.7 Å². The van der Waals surface area contributed by atoms with Gasteiger partial charge in [0.1, 0.15) is 5.01 Å². The number of amides is 1. The summed E-state index contributed by atoms with van der Waals surface area (Å²) in [5.41, 5.74) is 1.72. The minimum absolute atomic E-state index is 0.0686. The Labute approximate surface area is 140 Å². The number of benzene rings is 1. The van der Waals surface area contributed by atoms with E-state index in [1.54, 1.807) is 23.5 Å². The maximum absolute atomic E-state index is 12.3. The van der Waals surface area contributed by atoms with E-state index in [1.807, 2.05) is 25.3 Å². The van der Waals surface area contributed by atoms with Crippen LogP contribution in [-0.2, 0) is 11.2 Å². The Bertz CT molecular complexity index is 725. The van der Waals surface area contributed by atoms with Gasteiger partial charge in [-0.05, 0) is 49.8 Å². The first-order chi connectivity index (χ1) is 11.2. The number of aromatic nitrogens is 1. The molecule has 1 aliphatic carbocycles. The summed E-state index contributed by atoms with van der Waals surface area (Å²) in [7, 11) is 0. The lowest BCUT2D eigenvalue weighted by atomic mass is 10.1. The molecule has 5 heteroatoms. The number of nitrogens with one attached hydrogen (secondary N) is 1. The number of nitrogens with zero attached hydrogens (tertiary/aromatic N) is 2. The highest BCUT2D eigenvalue weighted by atomic mass is 32.1. The molecule has 0 saturated heterocycles. The fraction of sp³-hybridized carbons (Fsp3) is 0.389. The van der Waals surface area contributed by atoms with Gasteiger partial charge in [-0.3, -0.25) is 4.79 Å². The van der Waals surface area contributed by atoms with Crippen LogP contribution in [0.2, 0.25) is 0 Å². The van der Waals surface area contributed by atoms with E-state index in [0.29, 0.717) is 24.3 Å². The number of nitriles is 1. The number of rotatable bonds is 6. The maximum atomic E-state index is 12.3. The number of carbonyl (C=O) groups is 1. The fourth-order valence-corrected chi connectivity index (χ4v) is 3.50. The second-order valence-electron chi connectivity index (χ2n) is 6.00. The summed E-state index contributed by atoms with van der Waals surface area (Å²) in [6.45, 7) is 2.04. The third-order valence-corrected chi connectivity index (χ3v) is 5.03. The van der Waals surface area contributed by atoms with Crippen molar-refractivity contribution in [1.29, 1.82) is 5.26 Å². The molecule has 0 aliphatic heterocycles. The second-order valence-corrected chi connectivity index (χ2v) is 7.27. The van der Waals surface area contributed by atoms with Crippen molar-refractivity contribution >= 4 is 17.2 Å². The normalized spacial score (nSPS) is 15.0. The van der Waals surface area contributed by atoms with Gasteiger partial charge in [0.15, 0.2) is 0 Å². The lowest BCUT2D eigenvalue weighted by Gasteiger charge is -2.15. The molecule has 1 aromatic carbocycles. The molecule has 118 valence electrons. The van der Waals surface area contributed by atoms with Crippen molar-refractivity contribution in [2.24, 2.45) is 5.92 Å². The summed E-state index contributed by atoms with van der Waals surface area (Å²) in [5.74, 6) is 0.610. The first-order valence-corrected chi connectivity index (χ1v) is 8.68. The summed E-state index contributed by atoms with van der Waals surface area (Å²) >= 11 is 1.67. The van der Waals surface area contributed by atoms with Gasteiger partial charge in [0.05, 0.1) is 17.7 Å². The van der Waals surface area contributed by atoms with Gasteiger partial charge < -0.3 is 5.32 Å². The standard InChI is InChI=1S/C18H19N3OS/c1-12-11-20-18(23-12)17(15-7-8-15)21-16(22)9-6-13-2-4-14(10-19)5-3-13/h2-5,11,15,17H,6-9H2,1H3,(H,21,22)/t17-/m0/s1. The Hall–Kier alpha value is -2.19. The average Bonchev–Trinajstić information content (AvgIpc) is 3.32. The highest BCUT2D eigenvalue weighted by Crippen LogP contribution is 2.42. The molecule has 2 aromatic rings. The van der Waals surface area contributed by atoms with Crippen LogP contribution < -0.4 is 5.32 Å². The predicted molar refractivity (Wildman–Crippen MR) is 89.9 cm³/mol. The molecule has 0 unspecified atom stereocenters. The van der Waals surface area contributed by atoms with Crippen LogP contribution >= 0.6 is 11.3 Å². The maximum Gasteiger partial charge on any atom is 0.220 e. The van der Waals surface area contributed by atoms with Crippen molar-refractivity contribution in [3.05, 3.63) is 51.5 Å². The summed E-state index contributed by atoms with van der Waals surface area (Å²) in [6.07, 6.45) is 5.35. The number of carbonyl (C=O) groups excluding carboxylic acids is 1. The molecular weight excluding hydrogens is 306 g/mol. The first-order valence-electron chi connectivity index (χ1n) is 7.86. The average molecular weight is 325 g/mol. The Balaban J connectivity index is 1.56. The van der Waals surface area contributed by atoms with Crippen LogP contribution in [0.3, 0.4) is 0 Å². The van der Waals surface area contributed by atoms with Gasteiger partial charge in [-0.1, -0.05) is 12.1 Å². The Morgan fingerprint density at radius 1 is 1.43 bits per heavy atom. The van der Waals surface area contributed by atoms with Gasteiger partial charge in [-0.15, -0.1) is 11.3 Å². The molecule has 1 fully saturated rings. The van der Waals surface area contributed by atoms with Gasteiger partial charge in [-0.2, -0.15) is 5.26 Å². The molecule has 0 radical (unpaired) electrons. The Kier molecular flexibility index (Phi) is 4.73. The quantitative estimate of drug-likeness (QED) is 0.883. The van der Waals surface area contributed by atoms with E-state index < -0.39 is 0 Å². The molecule has 1 N–H and O–H groups in total. The lowest BCUT2D eigenvalue weighted by Crippen LogP contribution is -2.30. The van der Waals surface area contributed by atoms with Crippen molar-refractivity contribution in [2.75, 3.05) is 0 Å². The van der Waals surface area contributed by atoms with E-state index in [2.05, 4.69) is 16.4 Å². The van der Waals surface area contributed by atoms with Gasteiger partial charge >= 0.3 is 0 Å². The summed E-state index contributed by atoms with van der Waals surface area (Å²) in [5, 5.41) is 13.0. The lowest BCUT2D eigenvalue weighted by molar-refractivity contribution is -0.122. The van der Waals surface area contributed by atoms with Gasteiger partial charge in [0.2, 0.25) is 5.91 Å². The van der Waals surface area contributed by atoms with Crippen molar-refractivity contribution in [3.63, 3.8) is 0 Å². The second kappa shape index (κ2) is 6.93. The highest BCUT2D eigenvalue weighted by Gasteiger charge is 2.35. The van der Waals surface area contributed by atoms with Crippen molar-refractivity contribution in [3.8, 4) is 6.07 Å². The molecule has 1 aliphatic rings. The molecule has 4 nitrogen and oxygen atoms in total. The Morgan fingerprint density at radius 3 is 2.74 bits per heavy atom. The summed E-state index contributed by atoms with van der Waals surface area (Å²) in [6, 6.07) is 9.57. The molecular formula is C18H19N3OS. The van der Waals surface area contributed by atoms with E-state index >= 15 is 0 Å². The van der Waals surface area contributed by atoms with Crippen molar-refractivity contribution < 1.29 is 4.79 Å². The third kappa shape index (κ3) is 4.17. The summed E-state index contributed by atoms with van der Waals surface area (Å²) in [4.78, 5) is 17.9. The monoisotopic (exact) mass is 325 g/mol. The third-order valence-electron chi connectivity index (χ3n) is 4.04. The molecule has 0 bridgehead atoms. The van der Waals surface area contributed by atoms with Crippen LogP contribution in [-0.4, -0.2) is 10.9 Å². The largest absolute Gasteiger partial charge is 0.347 e. The number of thiazole rings is 1. The molecule has 3 rings (SSSR count). The van der Waals surface area contributed by atoms with Crippen LogP contribution in [0.25, 0.3) is 0 Å². The van der Waals surface area contributed by atoms with Crippen LogP contribution in [0.15, 0.2) is 30.5 Å². The van der Waals surface area contributed by atoms with Crippen molar-refractivity contribution in [2.45, 2.75) is 38.6 Å². The van der Waals surface area contributed by atoms with Gasteiger partial charge in [-0.25, -0.2) is 4.98 Å². The summed E-state index contributed by atoms with van der Waals surface area (Å²) < 4.78 is 0. The SMILES string of the molecule is Cc1cnc([C@@H](NC(=O)CCc2ccc(C#N)cc2)C2CC2)s1. The fourth-order valence-electron chi connectivity index (χ4n) is 2.58. The molecule has 1 aromatic heterocycles.